The maximum Gasteiger partial charge on any atom is 0.231 e. The lowest BCUT2D eigenvalue weighted by Crippen LogP contribution is -2.39. The maximum atomic E-state index is 10.2. The van der Waals surface area contributed by atoms with E-state index < -0.39 is 21.3 Å². The number of halogens is 1. The number of nitrogens with two attached hydrogens (primary N) is 1. The highest BCUT2D eigenvalue weighted by atomic mass is 35.5. The molecule has 24 heavy (non-hydrogen) atoms. The Labute approximate surface area is 149 Å². The number of thioether (sulfide) groups is 1. The van der Waals surface area contributed by atoms with E-state index in [1.54, 1.807) is 6.07 Å². The van der Waals surface area contributed by atoms with Crippen LogP contribution in [0.5, 0.6) is 0 Å². The number of rotatable bonds is 2. The first-order valence-electron chi connectivity index (χ1n) is 7.74. The predicted molar refractivity (Wildman–Crippen MR) is 92.3 cm³/mol. The average Bonchev–Trinajstić information content (AvgIpc) is 2.79. The molecular formula is C17H15ClN4OS. The summed E-state index contributed by atoms with van der Waals surface area (Å²) in [5.74, 6) is 0.916. The Morgan fingerprint density at radius 2 is 2.21 bits per heavy atom. The number of ether oxygens (including phenoxy) is 1. The van der Waals surface area contributed by atoms with Crippen molar-refractivity contribution in [3.8, 4) is 12.1 Å². The average molecular weight is 359 g/mol. The first-order chi connectivity index (χ1) is 11.5. The largest absolute Gasteiger partial charge is 0.386 e. The van der Waals surface area contributed by atoms with Crippen molar-refractivity contribution in [2.24, 2.45) is 21.6 Å². The van der Waals surface area contributed by atoms with Crippen molar-refractivity contribution < 1.29 is 4.74 Å². The molecule has 1 spiro atoms. The zero-order valence-corrected chi connectivity index (χ0v) is 14.6. The van der Waals surface area contributed by atoms with Crippen LogP contribution in [-0.4, -0.2) is 23.3 Å². The molecule has 0 unspecified atom stereocenters. The zero-order valence-electron chi connectivity index (χ0n) is 13.0. The van der Waals surface area contributed by atoms with E-state index in [1.165, 1.54) is 11.8 Å². The Bertz CT molecular complexity index is 853. The third-order valence-electron chi connectivity index (χ3n) is 5.77. The fourth-order valence-electron chi connectivity index (χ4n) is 4.96. The summed E-state index contributed by atoms with van der Waals surface area (Å²) in [7, 11) is 0. The van der Waals surface area contributed by atoms with Gasteiger partial charge in [-0.2, -0.15) is 10.5 Å². The molecule has 1 aromatic carbocycles. The number of benzene rings is 1. The summed E-state index contributed by atoms with van der Waals surface area (Å²) in [5, 5.41) is 19.8. The molecule has 3 aliphatic rings. The van der Waals surface area contributed by atoms with Crippen LogP contribution >= 0.6 is 23.4 Å². The van der Waals surface area contributed by atoms with Gasteiger partial charge in [-0.15, -0.1) is 0 Å². The quantitative estimate of drug-likeness (QED) is 0.877. The number of nitriles is 2. The molecule has 7 heteroatoms. The predicted octanol–water partition coefficient (Wildman–Crippen LogP) is 2.81. The second-order valence-electron chi connectivity index (χ2n) is 6.27. The SMILES string of the molecule is CC[C@]1(c2cccc(Cl)c2)[C@]2(C#N)C(N)=N[C@@]3(OCCS3)[C@@]21C#N. The van der Waals surface area contributed by atoms with Gasteiger partial charge in [0.2, 0.25) is 5.06 Å². The molecule has 5 nitrogen and oxygen atoms in total. The molecule has 1 aliphatic carbocycles. The first-order valence-corrected chi connectivity index (χ1v) is 9.10. The minimum atomic E-state index is -1.19. The molecule has 0 bridgehead atoms. The minimum Gasteiger partial charge on any atom is -0.386 e. The van der Waals surface area contributed by atoms with Gasteiger partial charge in [0.15, 0.2) is 10.8 Å². The molecule has 2 heterocycles. The first kappa shape index (κ1) is 15.8. The molecular weight excluding hydrogens is 344 g/mol. The molecule has 4 atom stereocenters. The third-order valence-corrected chi connectivity index (χ3v) is 7.28. The second-order valence-corrected chi connectivity index (χ2v) is 7.96. The summed E-state index contributed by atoms with van der Waals surface area (Å²) in [6.07, 6.45) is 0.566. The van der Waals surface area contributed by atoms with E-state index in [4.69, 9.17) is 22.1 Å². The number of hydrogen-bond acceptors (Lipinski definition) is 6. The minimum absolute atomic E-state index is 0.197. The van der Waals surface area contributed by atoms with E-state index in [1.807, 2.05) is 25.1 Å². The highest BCUT2D eigenvalue weighted by molar-refractivity contribution is 8.00. The molecule has 2 aliphatic heterocycles. The van der Waals surface area contributed by atoms with Crippen LogP contribution in [0.2, 0.25) is 5.02 Å². The van der Waals surface area contributed by atoms with Crippen molar-refractivity contribution in [3.05, 3.63) is 34.9 Å². The number of nitrogens with zero attached hydrogens (tertiary/aromatic N) is 3. The van der Waals surface area contributed by atoms with Crippen molar-refractivity contribution in [2.75, 3.05) is 12.4 Å². The monoisotopic (exact) mass is 358 g/mol. The normalized spacial score (nSPS) is 42.2. The van der Waals surface area contributed by atoms with E-state index in [-0.39, 0.29) is 5.84 Å². The van der Waals surface area contributed by atoms with E-state index in [9.17, 15) is 10.5 Å². The van der Waals surface area contributed by atoms with Crippen LogP contribution in [0.1, 0.15) is 18.9 Å². The fraction of sp³-hybridized carbons (Fsp3) is 0.471. The lowest BCUT2D eigenvalue weighted by Gasteiger charge is -2.31. The molecule has 122 valence electrons. The molecule has 1 saturated carbocycles. The van der Waals surface area contributed by atoms with Crippen molar-refractivity contribution >= 4 is 29.2 Å². The van der Waals surface area contributed by atoms with Gasteiger partial charge in [-0.1, -0.05) is 42.4 Å². The van der Waals surface area contributed by atoms with Crippen LogP contribution in [-0.2, 0) is 10.2 Å². The molecule has 1 aromatic rings. The Hall–Kier alpha value is -1.73. The number of amidine groups is 1. The molecule has 1 saturated heterocycles. The van der Waals surface area contributed by atoms with Gasteiger partial charge in [0.25, 0.3) is 0 Å². The lowest BCUT2D eigenvalue weighted by atomic mass is 9.81. The van der Waals surface area contributed by atoms with E-state index in [2.05, 4.69) is 17.1 Å². The number of hydrogen-bond donors (Lipinski definition) is 1. The van der Waals surface area contributed by atoms with E-state index in [0.717, 1.165) is 11.3 Å². The molecule has 4 rings (SSSR count). The summed E-state index contributed by atoms with van der Waals surface area (Å²) in [4.78, 5) is 4.48. The van der Waals surface area contributed by atoms with E-state index >= 15 is 0 Å². The standard InChI is InChI=1S/C17H15ClN4OS/c1-2-14(11-4-3-5-12(18)8-11)15(9-19)13(21)22-17(16(14,15)10-20)23-6-7-24-17/h3-5,8H,2,6-7H2,1H3,(H2,21,22)/t14-,15-,16+,17+/m0/s1. The van der Waals surface area contributed by atoms with Crippen LogP contribution in [0.15, 0.2) is 29.3 Å². The van der Waals surface area contributed by atoms with Crippen molar-refractivity contribution in [2.45, 2.75) is 23.8 Å². The fourth-order valence-corrected chi connectivity index (χ4v) is 6.51. The molecule has 0 amide bonds. The topological polar surface area (TPSA) is 95.2 Å². The van der Waals surface area contributed by atoms with Gasteiger partial charge >= 0.3 is 0 Å². The number of fused-ring (bicyclic) bond motifs is 2. The summed E-state index contributed by atoms with van der Waals surface area (Å²) in [6.45, 7) is 2.46. The Kier molecular flexibility index (Phi) is 3.07. The van der Waals surface area contributed by atoms with E-state index in [0.29, 0.717) is 18.1 Å². The maximum absolute atomic E-state index is 10.2. The van der Waals surface area contributed by atoms with Crippen LogP contribution in [0.3, 0.4) is 0 Å². The van der Waals surface area contributed by atoms with Crippen molar-refractivity contribution in [1.82, 2.24) is 0 Å². The van der Waals surface area contributed by atoms with Gasteiger partial charge in [-0.3, -0.25) is 0 Å². The van der Waals surface area contributed by atoms with Crippen LogP contribution < -0.4 is 5.73 Å². The molecule has 0 radical (unpaired) electrons. The van der Waals surface area contributed by atoms with Crippen molar-refractivity contribution in [1.29, 1.82) is 10.5 Å². The zero-order chi connectivity index (χ0) is 17.2. The van der Waals surface area contributed by atoms with Gasteiger partial charge in [0.05, 0.1) is 18.7 Å². The van der Waals surface area contributed by atoms with Gasteiger partial charge in [0, 0.05) is 16.2 Å². The Morgan fingerprint density at radius 1 is 1.42 bits per heavy atom. The molecule has 0 aromatic heterocycles. The molecule has 2 N–H and O–H groups in total. The summed E-state index contributed by atoms with van der Waals surface area (Å²) in [5.41, 5.74) is 3.98. The Balaban J connectivity index is 2.05. The summed E-state index contributed by atoms with van der Waals surface area (Å²) < 4.78 is 5.94. The molecule has 2 fully saturated rings. The van der Waals surface area contributed by atoms with Gasteiger partial charge < -0.3 is 10.5 Å². The van der Waals surface area contributed by atoms with Gasteiger partial charge in [-0.25, -0.2) is 4.99 Å². The highest BCUT2D eigenvalue weighted by Gasteiger charge is 3.00. The van der Waals surface area contributed by atoms with Gasteiger partial charge in [-0.05, 0) is 24.1 Å². The highest BCUT2D eigenvalue weighted by Crippen LogP contribution is 2.88. The number of aliphatic imine (C=N–C) groups is 1. The van der Waals surface area contributed by atoms with Crippen LogP contribution in [0.4, 0.5) is 0 Å². The van der Waals surface area contributed by atoms with Crippen LogP contribution in [0, 0.1) is 33.5 Å². The summed E-state index contributed by atoms with van der Waals surface area (Å²) in [6, 6.07) is 12.1. The van der Waals surface area contributed by atoms with Crippen LogP contribution in [0.25, 0.3) is 0 Å². The van der Waals surface area contributed by atoms with Gasteiger partial charge in [0.1, 0.15) is 5.84 Å². The lowest BCUT2D eigenvalue weighted by molar-refractivity contribution is 0.0137. The summed E-state index contributed by atoms with van der Waals surface area (Å²) >= 11 is 7.66. The second kappa shape index (κ2) is 4.67. The Morgan fingerprint density at radius 3 is 2.75 bits per heavy atom. The third kappa shape index (κ3) is 1.26. The smallest absolute Gasteiger partial charge is 0.231 e. The van der Waals surface area contributed by atoms with Crippen molar-refractivity contribution in [3.63, 3.8) is 0 Å².